The van der Waals surface area contributed by atoms with Crippen LogP contribution in [-0.4, -0.2) is 42.9 Å². The lowest BCUT2D eigenvalue weighted by Crippen LogP contribution is -2.32. The Morgan fingerprint density at radius 3 is 2.52 bits per heavy atom. The fraction of sp³-hybridized carbons (Fsp3) is 0.636. The third-order valence-corrected chi connectivity index (χ3v) is 5.90. The van der Waals surface area contributed by atoms with Crippen LogP contribution >= 0.6 is 0 Å². The number of hydrogen-bond donors (Lipinski definition) is 1. The van der Waals surface area contributed by atoms with Gasteiger partial charge in [-0.2, -0.15) is 0 Å². The minimum Gasteiger partial charge on any atom is -0.372 e. The molecule has 1 aromatic carbocycles. The second kappa shape index (κ2) is 9.25. The molecule has 1 N–H and O–H groups in total. The largest absolute Gasteiger partial charge is 0.372 e. The van der Waals surface area contributed by atoms with Gasteiger partial charge < -0.3 is 15.1 Å². The number of unbranched alkanes of at least 4 members (excludes halogenated alkanes) is 2. The monoisotopic (exact) mass is 371 g/mol. The lowest BCUT2D eigenvalue weighted by Gasteiger charge is -2.32. The topological polar surface area (TPSA) is 52.7 Å². The highest BCUT2D eigenvalue weighted by Gasteiger charge is 2.33. The summed E-state index contributed by atoms with van der Waals surface area (Å²) in [5.74, 6) is 0.652. The van der Waals surface area contributed by atoms with Gasteiger partial charge in [0.2, 0.25) is 11.8 Å². The summed E-state index contributed by atoms with van der Waals surface area (Å²) in [7, 11) is 0. The minimum absolute atomic E-state index is 0.0408. The second-order valence-corrected chi connectivity index (χ2v) is 8.15. The number of anilines is 2. The second-order valence-electron chi connectivity index (χ2n) is 8.15. The summed E-state index contributed by atoms with van der Waals surface area (Å²) in [4.78, 5) is 28.9. The molecule has 0 saturated carbocycles. The number of rotatable bonds is 7. The Balaban J connectivity index is 1.50. The van der Waals surface area contributed by atoms with Crippen molar-refractivity contribution in [2.45, 2.75) is 52.4 Å². The average Bonchev–Trinajstić information content (AvgIpc) is 3.04. The molecule has 0 bridgehead atoms. The van der Waals surface area contributed by atoms with Crippen molar-refractivity contribution in [2.24, 2.45) is 11.8 Å². The van der Waals surface area contributed by atoms with Crippen molar-refractivity contribution in [3.05, 3.63) is 24.3 Å². The van der Waals surface area contributed by atoms with Gasteiger partial charge in [-0.15, -0.1) is 0 Å². The quantitative estimate of drug-likeness (QED) is 0.740. The number of carbonyl (C=O) groups is 2. The third-order valence-electron chi connectivity index (χ3n) is 5.90. The van der Waals surface area contributed by atoms with E-state index in [-0.39, 0.29) is 17.7 Å². The number of piperidine rings is 1. The number of nitrogens with one attached hydrogen (secondary N) is 1. The molecule has 3 rings (SSSR count). The van der Waals surface area contributed by atoms with Gasteiger partial charge in [-0.25, -0.2) is 0 Å². The molecule has 2 aliphatic rings. The third kappa shape index (κ3) is 5.24. The molecule has 2 heterocycles. The summed E-state index contributed by atoms with van der Waals surface area (Å²) in [6, 6.07) is 8.12. The Labute approximate surface area is 163 Å². The predicted octanol–water partition coefficient (Wildman–Crippen LogP) is 3.90. The molecule has 2 amide bonds. The molecular formula is C22H33N3O2. The molecule has 148 valence electrons. The SMILES string of the molecule is CCCCCN1CC(C(=O)Nc2ccc(N3CCC(C)CC3)cc2)CC1=O. The first-order chi connectivity index (χ1) is 13.1. The molecule has 2 saturated heterocycles. The first kappa shape index (κ1) is 19.7. The number of nitrogens with zero attached hydrogens (tertiary/aromatic N) is 2. The van der Waals surface area contributed by atoms with E-state index in [0.29, 0.717) is 13.0 Å². The van der Waals surface area contributed by atoms with E-state index in [2.05, 4.69) is 36.2 Å². The van der Waals surface area contributed by atoms with Crippen LogP contribution in [-0.2, 0) is 9.59 Å². The van der Waals surface area contributed by atoms with E-state index in [1.807, 2.05) is 17.0 Å². The highest BCUT2D eigenvalue weighted by atomic mass is 16.2. The molecule has 0 aliphatic carbocycles. The Morgan fingerprint density at radius 2 is 1.85 bits per heavy atom. The summed E-state index contributed by atoms with van der Waals surface area (Å²) in [5, 5.41) is 2.99. The maximum absolute atomic E-state index is 12.6. The van der Waals surface area contributed by atoms with E-state index in [0.717, 1.165) is 50.5 Å². The molecule has 5 nitrogen and oxygen atoms in total. The standard InChI is InChI=1S/C22H33N3O2/c1-3-4-5-12-25-16-18(15-21(25)26)22(27)23-19-6-8-20(9-7-19)24-13-10-17(2)11-14-24/h6-9,17-18H,3-5,10-16H2,1-2H3,(H,23,27). The predicted molar refractivity (Wildman–Crippen MR) is 110 cm³/mol. The van der Waals surface area contributed by atoms with Gasteiger partial charge in [0.25, 0.3) is 0 Å². The highest BCUT2D eigenvalue weighted by Crippen LogP contribution is 2.25. The fourth-order valence-corrected chi connectivity index (χ4v) is 3.98. The highest BCUT2D eigenvalue weighted by molar-refractivity contribution is 5.97. The number of carbonyl (C=O) groups excluding carboxylic acids is 2. The van der Waals surface area contributed by atoms with Crippen LogP contribution in [0, 0.1) is 11.8 Å². The number of likely N-dealkylation sites (tertiary alicyclic amines) is 1. The zero-order valence-electron chi connectivity index (χ0n) is 16.7. The van der Waals surface area contributed by atoms with E-state index in [1.165, 1.54) is 18.5 Å². The van der Waals surface area contributed by atoms with Crippen LogP contribution in [0.4, 0.5) is 11.4 Å². The van der Waals surface area contributed by atoms with Gasteiger partial charge in [-0.05, 0) is 49.4 Å². The van der Waals surface area contributed by atoms with Crippen molar-refractivity contribution in [1.29, 1.82) is 0 Å². The normalized spacial score (nSPS) is 21.0. The van der Waals surface area contributed by atoms with E-state index >= 15 is 0 Å². The minimum atomic E-state index is -0.234. The fourth-order valence-electron chi connectivity index (χ4n) is 3.98. The van der Waals surface area contributed by atoms with Crippen molar-refractivity contribution < 1.29 is 9.59 Å². The van der Waals surface area contributed by atoms with Crippen molar-refractivity contribution in [1.82, 2.24) is 4.90 Å². The first-order valence-corrected chi connectivity index (χ1v) is 10.5. The van der Waals surface area contributed by atoms with Gasteiger partial charge in [0.15, 0.2) is 0 Å². The smallest absolute Gasteiger partial charge is 0.229 e. The van der Waals surface area contributed by atoms with Crippen LogP contribution < -0.4 is 10.2 Å². The van der Waals surface area contributed by atoms with Crippen LogP contribution in [0.1, 0.15) is 52.4 Å². The molecule has 27 heavy (non-hydrogen) atoms. The van der Waals surface area contributed by atoms with Gasteiger partial charge in [0.1, 0.15) is 0 Å². The summed E-state index contributed by atoms with van der Waals surface area (Å²) >= 11 is 0. The summed E-state index contributed by atoms with van der Waals surface area (Å²) in [6.07, 6.45) is 6.10. The van der Waals surface area contributed by atoms with Gasteiger partial charge in [-0.1, -0.05) is 26.7 Å². The molecule has 5 heteroatoms. The Kier molecular flexibility index (Phi) is 6.75. The molecule has 2 fully saturated rings. The molecule has 1 atom stereocenters. The maximum atomic E-state index is 12.6. The number of hydrogen-bond acceptors (Lipinski definition) is 3. The molecule has 0 spiro atoms. The van der Waals surface area contributed by atoms with E-state index in [1.54, 1.807) is 0 Å². The van der Waals surface area contributed by atoms with Crippen LogP contribution in [0.25, 0.3) is 0 Å². The molecule has 1 unspecified atom stereocenters. The van der Waals surface area contributed by atoms with Crippen LogP contribution in [0.2, 0.25) is 0 Å². The Bertz CT molecular complexity index is 635. The number of benzene rings is 1. The maximum Gasteiger partial charge on any atom is 0.229 e. The zero-order valence-corrected chi connectivity index (χ0v) is 16.7. The van der Waals surface area contributed by atoms with Gasteiger partial charge >= 0.3 is 0 Å². The van der Waals surface area contributed by atoms with E-state index in [9.17, 15) is 9.59 Å². The molecule has 1 aromatic rings. The van der Waals surface area contributed by atoms with Crippen molar-refractivity contribution in [3.8, 4) is 0 Å². The van der Waals surface area contributed by atoms with Gasteiger partial charge in [0.05, 0.1) is 5.92 Å². The van der Waals surface area contributed by atoms with Crippen LogP contribution in [0.3, 0.4) is 0 Å². The molecular weight excluding hydrogens is 338 g/mol. The molecule has 0 aromatic heterocycles. The summed E-state index contributed by atoms with van der Waals surface area (Å²) in [5.41, 5.74) is 2.03. The van der Waals surface area contributed by atoms with Crippen molar-refractivity contribution in [2.75, 3.05) is 36.4 Å². The lowest BCUT2D eigenvalue weighted by molar-refractivity contribution is -0.128. The summed E-state index contributed by atoms with van der Waals surface area (Å²) < 4.78 is 0. The average molecular weight is 372 g/mol. The number of amides is 2. The van der Waals surface area contributed by atoms with Crippen molar-refractivity contribution in [3.63, 3.8) is 0 Å². The van der Waals surface area contributed by atoms with Crippen LogP contribution in [0.15, 0.2) is 24.3 Å². The summed E-state index contributed by atoms with van der Waals surface area (Å²) in [6.45, 7) is 8.00. The molecule has 0 radical (unpaired) electrons. The van der Waals surface area contributed by atoms with Gasteiger partial charge in [0, 0.05) is 44.0 Å². The van der Waals surface area contributed by atoms with E-state index in [4.69, 9.17) is 0 Å². The Hall–Kier alpha value is -2.04. The van der Waals surface area contributed by atoms with Crippen LogP contribution in [0.5, 0.6) is 0 Å². The lowest BCUT2D eigenvalue weighted by atomic mass is 9.99. The Morgan fingerprint density at radius 1 is 1.15 bits per heavy atom. The van der Waals surface area contributed by atoms with Gasteiger partial charge in [-0.3, -0.25) is 9.59 Å². The first-order valence-electron chi connectivity index (χ1n) is 10.5. The van der Waals surface area contributed by atoms with E-state index < -0.39 is 0 Å². The molecule has 2 aliphatic heterocycles. The zero-order chi connectivity index (χ0) is 19.2. The van der Waals surface area contributed by atoms with Crippen molar-refractivity contribution >= 4 is 23.2 Å².